The predicted molar refractivity (Wildman–Crippen MR) is 70.1 cm³/mol. The summed E-state index contributed by atoms with van der Waals surface area (Å²) in [6, 6.07) is 5.29. The van der Waals surface area contributed by atoms with Crippen LogP contribution in [0.1, 0.15) is 26.0 Å². The first-order valence-corrected chi connectivity index (χ1v) is 6.64. The maximum atomic E-state index is 5.43. The fourth-order valence-corrected chi connectivity index (χ4v) is 2.86. The Hall–Kier alpha value is -0.800. The van der Waals surface area contributed by atoms with Crippen molar-refractivity contribution in [2.24, 2.45) is 5.92 Å². The Bertz CT molecular complexity index is 323. The van der Waals surface area contributed by atoms with E-state index in [1.165, 1.54) is 19.5 Å². The van der Waals surface area contributed by atoms with Crippen LogP contribution in [-0.4, -0.2) is 37.1 Å². The largest absolute Gasteiger partial charge is 0.469 e. The number of rotatable bonds is 4. The van der Waals surface area contributed by atoms with Crippen molar-refractivity contribution in [1.82, 2.24) is 10.2 Å². The van der Waals surface area contributed by atoms with Crippen molar-refractivity contribution in [2.75, 3.05) is 20.1 Å². The van der Waals surface area contributed by atoms with Gasteiger partial charge < -0.3 is 9.73 Å². The van der Waals surface area contributed by atoms with Crippen LogP contribution in [0.3, 0.4) is 0 Å². The van der Waals surface area contributed by atoms with E-state index in [1.807, 2.05) is 6.07 Å². The van der Waals surface area contributed by atoms with E-state index in [1.54, 1.807) is 6.26 Å². The zero-order valence-corrected chi connectivity index (χ0v) is 11.1. The van der Waals surface area contributed by atoms with Gasteiger partial charge in [-0.25, -0.2) is 0 Å². The highest BCUT2D eigenvalue weighted by Gasteiger charge is 2.27. The van der Waals surface area contributed by atoms with Crippen LogP contribution >= 0.6 is 0 Å². The standard InChI is InChI=1S/C14H24N2O/c1-11-10-16(7-6-14(11)15-3)12(2)9-13-5-4-8-17-13/h4-5,8,11-12,14-15H,6-7,9-10H2,1-3H3. The molecule has 0 spiro atoms. The van der Waals surface area contributed by atoms with E-state index in [-0.39, 0.29) is 0 Å². The second kappa shape index (κ2) is 5.69. The molecule has 2 rings (SSSR count). The maximum absolute atomic E-state index is 5.43. The lowest BCUT2D eigenvalue weighted by atomic mass is 9.92. The van der Waals surface area contributed by atoms with Crippen molar-refractivity contribution in [3.8, 4) is 0 Å². The monoisotopic (exact) mass is 236 g/mol. The van der Waals surface area contributed by atoms with Crippen molar-refractivity contribution >= 4 is 0 Å². The molecule has 0 bridgehead atoms. The highest BCUT2D eigenvalue weighted by Crippen LogP contribution is 2.20. The van der Waals surface area contributed by atoms with Crippen LogP contribution in [0.2, 0.25) is 0 Å². The summed E-state index contributed by atoms with van der Waals surface area (Å²) in [7, 11) is 2.07. The molecule has 0 amide bonds. The fourth-order valence-electron chi connectivity index (χ4n) is 2.86. The van der Waals surface area contributed by atoms with Crippen molar-refractivity contribution in [1.29, 1.82) is 0 Å². The van der Waals surface area contributed by atoms with Crippen LogP contribution in [-0.2, 0) is 6.42 Å². The van der Waals surface area contributed by atoms with E-state index in [4.69, 9.17) is 4.42 Å². The van der Waals surface area contributed by atoms with Gasteiger partial charge >= 0.3 is 0 Å². The number of furan rings is 1. The molecule has 2 heterocycles. The lowest BCUT2D eigenvalue weighted by molar-refractivity contribution is 0.111. The minimum absolute atomic E-state index is 0.571. The van der Waals surface area contributed by atoms with Crippen molar-refractivity contribution < 1.29 is 4.42 Å². The van der Waals surface area contributed by atoms with Gasteiger partial charge in [-0.1, -0.05) is 6.92 Å². The van der Waals surface area contributed by atoms with Gasteiger partial charge in [0.15, 0.2) is 0 Å². The molecule has 0 aromatic carbocycles. The summed E-state index contributed by atoms with van der Waals surface area (Å²) in [6.07, 6.45) is 4.03. The third kappa shape index (κ3) is 3.11. The Morgan fingerprint density at radius 1 is 1.59 bits per heavy atom. The Kier molecular flexibility index (Phi) is 4.24. The number of hydrogen-bond donors (Lipinski definition) is 1. The molecule has 1 aromatic heterocycles. The smallest absolute Gasteiger partial charge is 0.105 e. The predicted octanol–water partition coefficient (Wildman–Crippen LogP) is 2.14. The average molecular weight is 236 g/mol. The van der Waals surface area contributed by atoms with Gasteiger partial charge in [0.2, 0.25) is 0 Å². The van der Waals surface area contributed by atoms with Crippen LogP contribution in [0.25, 0.3) is 0 Å². The minimum Gasteiger partial charge on any atom is -0.469 e. The van der Waals surface area contributed by atoms with E-state index in [0.29, 0.717) is 12.1 Å². The van der Waals surface area contributed by atoms with E-state index in [9.17, 15) is 0 Å². The van der Waals surface area contributed by atoms with Crippen LogP contribution < -0.4 is 5.32 Å². The quantitative estimate of drug-likeness (QED) is 0.868. The zero-order chi connectivity index (χ0) is 12.3. The van der Waals surface area contributed by atoms with E-state index < -0.39 is 0 Å². The van der Waals surface area contributed by atoms with Gasteiger partial charge in [-0.3, -0.25) is 4.90 Å². The van der Waals surface area contributed by atoms with E-state index >= 15 is 0 Å². The van der Waals surface area contributed by atoms with Crippen molar-refractivity contribution in [3.05, 3.63) is 24.2 Å². The van der Waals surface area contributed by atoms with Gasteiger partial charge in [-0.2, -0.15) is 0 Å². The highest BCUT2D eigenvalue weighted by molar-refractivity contribution is 5.00. The summed E-state index contributed by atoms with van der Waals surface area (Å²) >= 11 is 0. The molecule has 1 aliphatic rings. The van der Waals surface area contributed by atoms with Gasteiger partial charge in [0.25, 0.3) is 0 Å². The summed E-state index contributed by atoms with van der Waals surface area (Å²) in [4.78, 5) is 2.58. The molecule has 3 heteroatoms. The van der Waals surface area contributed by atoms with Crippen LogP contribution in [0.5, 0.6) is 0 Å². The first-order chi connectivity index (χ1) is 8.20. The first-order valence-electron chi connectivity index (χ1n) is 6.64. The second-order valence-corrected chi connectivity index (χ2v) is 5.29. The SMILES string of the molecule is CNC1CCN(C(C)Cc2ccco2)CC1C. The van der Waals surface area contributed by atoms with E-state index in [2.05, 4.69) is 37.2 Å². The van der Waals surface area contributed by atoms with Crippen molar-refractivity contribution in [3.63, 3.8) is 0 Å². The first kappa shape index (κ1) is 12.7. The Balaban J connectivity index is 1.86. The summed E-state index contributed by atoms with van der Waals surface area (Å²) in [5.74, 6) is 1.83. The Morgan fingerprint density at radius 3 is 3.00 bits per heavy atom. The average Bonchev–Trinajstić information content (AvgIpc) is 2.81. The molecule has 1 fully saturated rings. The molecule has 17 heavy (non-hydrogen) atoms. The summed E-state index contributed by atoms with van der Waals surface area (Å²) in [5.41, 5.74) is 0. The molecule has 3 atom stereocenters. The molecule has 0 radical (unpaired) electrons. The number of likely N-dealkylation sites (tertiary alicyclic amines) is 1. The number of piperidine rings is 1. The van der Waals surface area contributed by atoms with Gasteiger partial charge in [-0.15, -0.1) is 0 Å². The molecule has 1 aromatic rings. The van der Waals surface area contributed by atoms with Crippen LogP contribution in [0.15, 0.2) is 22.8 Å². The number of hydrogen-bond acceptors (Lipinski definition) is 3. The summed E-state index contributed by atoms with van der Waals surface area (Å²) < 4.78 is 5.43. The number of nitrogens with zero attached hydrogens (tertiary/aromatic N) is 1. The summed E-state index contributed by atoms with van der Waals surface area (Å²) in [6.45, 7) is 7.02. The minimum atomic E-state index is 0.571. The molecule has 1 aliphatic heterocycles. The molecule has 96 valence electrons. The van der Waals surface area contributed by atoms with Gasteiger partial charge in [0.05, 0.1) is 6.26 Å². The second-order valence-electron chi connectivity index (χ2n) is 5.29. The van der Waals surface area contributed by atoms with Crippen LogP contribution in [0, 0.1) is 5.92 Å². The zero-order valence-electron chi connectivity index (χ0n) is 11.1. The lowest BCUT2D eigenvalue weighted by Crippen LogP contribution is -2.50. The molecule has 1 saturated heterocycles. The number of nitrogens with one attached hydrogen (secondary N) is 1. The lowest BCUT2D eigenvalue weighted by Gasteiger charge is -2.39. The third-order valence-corrected chi connectivity index (χ3v) is 4.01. The molecule has 1 N–H and O–H groups in total. The van der Waals surface area contributed by atoms with Gasteiger partial charge in [-0.05, 0) is 45.0 Å². The Morgan fingerprint density at radius 2 is 2.41 bits per heavy atom. The molecule has 3 nitrogen and oxygen atoms in total. The molecular formula is C14H24N2O. The van der Waals surface area contributed by atoms with E-state index in [0.717, 1.165) is 18.1 Å². The molecule has 0 saturated carbocycles. The fraction of sp³-hybridized carbons (Fsp3) is 0.714. The summed E-state index contributed by atoms with van der Waals surface area (Å²) in [5, 5.41) is 3.41. The van der Waals surface area contributed by atoms with Crippen molar-refractivity contribution in [2.45, 2.75) is 38.8 Å². The molecule has 0 aliphatic carbocycles. The molecule has 3 unspecified atom stereocenters. The normalized spacial score (nSPS) is 28.2. The Labute approximate surface area is 104 Å². The maximum Gasteiger partial charge on any atom is 0.105 e. The van der Waals surface area contributed by atoms with Crippen LogP contribution in [0.4, 0.5) is 0 Å². The molecular weight excluding hydrogens is 212 g/mol. The topological polar surface area (TPSA) is 28.4 Å². The highest BCUT2D eigenvalue weighted by atomic mass is 16.3. The van der Waals surface area contributed by atoms with Gasteiger partial charge in [0, 0.05) is 25.0 Å². The third-order valence-electron chi connectivity index (χ3n) is 4.01. The van der Waals surface area contributed by atoms with Gasteiger partial charge in [0.1, 0.15) is 5.76 Å².